The quantitative estimate of drug-likeness (QED) is 0.673. The van der Waals surface area contributed by atoms with Crippen molar-refractivity contribution in [2.45, 2.75) is 25.9 Å². The molecule has 1 N–H and O–H groups in total. The molecule has 6 heteroatoms. The summed E-state index contributed by atoms with van der Waals surface area (Å²) in [5, 5.41) is 13.3. The Balaban J connectivity index is 1.76. The predicted molar refractivity (Wildman–Crippen MR) is 99.9 cm³/mol. The van der Waals surface area contributed by atoms with Crippen LogP contribution in [0.3, 0.4) is 0 Å². The number of aromatic nitrogens is 2. The van der Waals surface area contributed by atoms with Gasteiger partial charge in [-0.15, -0.1) is 11.0 Å². The predicted octanol–water partition coefficient (Wildman–Crippen LogP) is 3.87. The van der Waals surface area contributed by atoms with Crippen LogP contribution >= 0.6 is 0 Å². The van der Waals surface area contributed by atoms with E-state index >= 15 is 0 Å². The first-order valence-electron chi connectivity index (χ1n) is 8.46. The number of hydrogen-bond acceptors (Lipinski definition) is 3. The summed E-state index contributed by atoms with van der Waals surface area (Å²) in [7, 11) is 1.70. The van der Waals surface area contributed by atoms with Gasteiger partial charge in [0.2, 0.25) is 5.95 Å². The Labute approximate surface area is 156 Å². The molecule has 0 aliphatic heterocycles. The van der Waals surface area contributed by atoms with Gasteiger partial charge in [-0.2, -0.15) is 4.39 Å². The first-order valence-corrected chi connectivity index (χ1v) is 8.46. The smallest absolute Gasteiger partial charge is 0.304 e. The Hall–Kier alpha value is -3.33. The Morgan fingerprint density at radius 2 is 2.04 bits per heavy atom. The molecular formula is C21H19FN2O3. The van der Waals surface area contributed by atoms with Gasteiger partial charge in [-0.3, -0.25) is 9.48 Å². The zero-order chi connectivity index (χ0) is 19.4. The van der Waals surface area contributed by atoms with E-state index in [0.29, 0.717) is 16.7 Å². The van der Waals surface area contributed by atoms with E-state index in [0.717, 1.165) is 11.1 Å². The van der Waals surface area contributed by atoms with Crippen LogP contribution in [0.15, 0.2) is 42.5 Å². The summed E-state index contributed by atoms with van der Waals surface area (Å²) in [6.45, 7) is 1.96. The molecule has 0 unspecified atom stereocenters. The molecule has 0 radical (unpaired) electrons. The van der Waals surface area contributed by atoms with Gasteiger partial charge in [-0.25, -0.2) is 0 Å². The standard InChI is InChI=1S/C21H19FN2O3/c1-3-5-15(12-19(25)26)14-8-10-17(11-9-14)27-13-16-6-4-7-18-20(16)24(2)23-21(18)22/h4,6-11,15H,12-13H2,1-2H3,(H,25,26)/t15-/m0/s1. The SMILES string of the molecule is CC#C[C@@H](CC(=O)O)c1ccc(OCc2cccc3c(F)nn(C)c23)cc1. The van der Waals surface area contributed by atoms with Crippen molar-refractivity contribution < 1.29 is 19.0 Å². The molecule has 0 bridgehead atoms. The van der Waals surface area contributed by atoms with Crippen molar-refractivity contribution >= 4 is 16.9 Å². The number of aryl methyl sites for hydroxylation is 1. The van der Waals surface area contributed by atoms with Crippen LogP contribution in [0.4, 0.5) is 4.39 Å². The number of carboxylic acids is 1. The molecule has 0 aliphatic carbocycles. The van der Waals surface area contributed by atoms with Crippen LogP contribution in [0.1, 0.15) is 30.4 Å². The molecule has 3 rings (SSSR count). The molecule has 0 fully saturated rings. The summed E-state index contributed by atoms with van der Waals surface area (Å²) < 4.78 is 21.1. The monoisotopic (exact) mass is 366 g/mol. The van der Waals surface area contributed by atoms with E-state index < -0.39 is 11.9 Å². The molecule has 3 aromatic rings. The Morgan fingerprint density at radius 1 is 1.30 bits per heavy atom. The highest BCUT2D eigenvalue weighted by atomic mass is 19.1. The molecule has 1 atom stereocenters. The van der Waals surface area contributed by atoms with Crippen LogP contribution < -0.4 is 4.74 Å². The van der Waals surface area contributed by atoms with E-state index in [1.165, 1.54) is 4.68 Å². The highest BCUT2D eigenvalue weighted by Crippen LogP contribution is 2.25. The van der Waals surface area contributed by atoms with Gasteiger partial charge in [0, 0.05) is 12.6 Å². The van der Waals surface area contributed by atoms with Gasteiger partial charge in [0.1, 0.15) is 12.4 Å². The van der Waals surface area contributed by atoms with Crippen LogP contribution in [-0.4, -0.2) is 20.9 Å². The summed E-state index contributed by atoms with van der Waals surface area (Å²) in [6.07, 6.45) is -0.0465. The van der Waals surface area contributed by atoms with Crippen molar-refractivity contribution in [3.8, 4) is 17.6 Å². The summed E-state index contributed by atoms with van der Waals surface area (Å²) in [5.74, 6) is 4.59. The number of para-hydroxylation sites is 1. The number of fused-ring (bicyclic) bond motifs is 1. The minimum absolute atomic E-state index is 0.0465. The van der Waals surface area contributed by atoms with Crippen LogP contribution in [-0.2, 0) is 18.4 Å². The molecule has 138 valence electrons. The summed E-state index contributed by atoms with van der Waals surface area (Å²) in [5.41, 5.74) is 2.36. The van der Waals surface area contributed by atoms with Gasteiger partial charge in [-0.1, -0.05) is 30.2 Å². The third kappa shape index (κ3) is 4.09. The topological polar surface area (TPSA) is 64.3 Å². The highest BCUT2D eigenvalue weighted by Gasteiger charge is 2.14. The van der Waals surface area contributed by atoms with Crippen LogP contribution in [0.25, 0.3) is 10.9 Å². The second-order valence-electron chi connectivity index (χ2n) is 6.13. The van der Waals surface area contributed by atoms with Crippen molar-refractivity contribution in [3.63, 3.8) is 0 Å². The van der Waals surface area contributed by atoms with Gasteiger partial charge in [0.15, 0.2) is 0 Å². The molecule has 2 aromatic carbocycles. The van der Waals surface area contributed by atoms with Crippen molar-refractivity contribution in [2.24, 2.45) is 7.05 Å². The van der Waals surface area contributed by atoms with Gasteiger partial charge in [0.25, 0.3) is 0 Å². The average Bonchev–Trinajstić information content (AvgIpc) is 2.94. The maximum Gasteiger partial charge on any atom is 0.304 e. The highest BCUT2D eigenvalue weighted by molar-refractivity contribution is 5.82. The fourth-order valence-electron chi connectivity index (χ4n) is 3.05. The largest absolute Gasteiger partial charge is 0.489 e. The van der Waals surface area contributed by atoms with Gasteiger partial charge in [-0.05, 0) is 30.7 Å². The second-order valence-corrected chi connectivity index (χ2v) is 6.13. The first kappa shape index (κ1) is 18.5. The number of nitrogens with zero attached hydrogens (tertiary/aromatic N) is 2. The van der Waals surface area contributed by atoms with Crippen molar-refractivity contribution in [3.05, 3.63) is 59.5 Å². The fourth-order valence-corrected chi connectivity index (χ4v) is 3.05. The maximum absolute atomic E-state index is 13.8. The summed E-state index contributed by atoms with van der Waals surface area (Å²) in [6, 6.07) is 12.5. The zero-order valence-electron chi connectivity index (χ0n) is 15.1. The molecule has 5 nitrogen and oxygen atoms in total. The minimum Gasteiger partial charge on any atom is -0.489 e. The van der Waals surface area contributed by atoms with E-state index in [9.17, 15) is 9.18 Å². The summed E-state index contributed by atoms with van der Waals surface area (Å²) >= 11 is 0. The second kappa shape index (κ2) is 7.92. The van der Waals surface area contributed by atoms with Gasteiger partial charge >= 0.3 is 5.97 Å². The lowest BCUT2D eigenvalue weighted by atomic mass is 9.96. The molecule has 0 aliphatic rings. The number of benzene rings is 2. The van der Waals surface area contributed by atoms with Crippen molar-refractivity contribution in [1.82, 2.24) is 9.78 Å². The summed E-state index contributed by atoms with van der Waals surface area (Å²) in [4.78, 5) is 11.0. The molecule has 0 saturated carbocycles. The third-order valence-electron chi connectivity index (χ3n) is 4.28. The molecule has 0 saturated heterocycles. The Kier molecular flexibility index (Phi) is 5.41. The molecule has 1 aromatic heterocycles. The van der Waals surface area contributed by atoms with Crippen molar-refractivity contribution in [1.29, 1.82) is 0 Å². The third-order valence-corrected chi connectivity index (χ3v) is 4.28. The van der Waals surface area contributed by atoms with Crippen LogP contribution in [0.5, 0.6) is 5.75 Å². The number of carboxylic acid groups (broad SMARTS) is 1. The van der Waals surface area contributed by atoms with E-state index in [4.69, 9.17) is 9.84 Å². The molecule has 0 amide bonds. The number of aliphatic carboxylic acids is 1. The number of rotatable bonds is 6. The molecular weight excluding hydrogens is 347 g/mol. The van der Waals surface area contributed by atoms with E-state index in [-0.39, 0.29) is 18.9 Å². The number of halogens is 1. The van der Waals surface area contributed by atoms with E-state index in [2.05, 4.69) is 16.9 Å². The van der Waals surface area contributed by atoms with Crippen LogP contribution in [0.2, 0.25) is 0 Å². The molecule has 0 spiro atoms. The van der Waals surface area contributed by atoms with Crippen LogP contribution in [0, 0.1) is 17.8 Å². The van der Waals surface area contributed by atoms with Gasteiger partial charge < -0.3 is 9.84 Å². The zero-order valence-corrected chi connectivity index (χ0v) is 15.1. The van der Waals surface area contributed by atoms with Gasteiger partial charge in [0.05, 0.1) is 23.2 Å². The maximum atomic E-state index is 13.8. The number of carbonyl (C=O) groups is 1. The number of hydrogen-bond donors (Lipinski definition) is 1. The Morgan fingerprint density at radius 3 is 2.70 bits per heavy atom. The lowest BCUT2D eigenvalue weighted by molar-refractivity contribution is -0.137. The molecule has 27 heavy (non-hydrogen) atoms. The lowest BCUT2D eigenvalue weighted by Crippen LogP contribution is -2.05. The average molecular weight is 366 g/mol. The number of ether oxygens (including phenoxy) is 1. The normalized spacial score (nSPS) is 11.7. The van der Waals surface area contributed by atoms with E-state index in [1.807, 2.05) is 18.2 Å². The van der Waals surface area contributed by atoms with E-state index in [1.54, 1.807) is 38.2 Å². The fraction of sp³-hybridized carbons (Fsp3) is 0.238. The minimum atomic E-state index is -0.889. The molecule has 1 heterocycles. The Bertz CT molecular complexity index is 1030. The first-order chi connectivity index (χ1) is 13.0. The lowest BCUT2D eigenvalue weighted by Gasteiger charge is -2.11. The van der Waals surface area contributed by atoms with Crippen molar-refractivity contribution in [2.75, 3.05) is 0 Å².